The molecule has 11 nitrogen and oxygen atoms in total. The smallest absolute Gasteiger partial charge is 0.492 e. The van der Waals surface area contributed by atoms with E-state index in [1.165, 1.54) is 25.1 Å². The van der Waals surface area contributed by atoms with Gasteiger partial charge in [-0.3, -0.25) is 9.59 Å². The van der Waals surface area contributed by atoms with Crippen molar-refractivity contribution < 1.29 is 43.1 Å². The predicted octanol–water partition coefficient (Wildman–Crippen LogP) is 1.23. The van der Waals surface area contributed by atoms with Crippen LogP contribution in [0.15, 0.2) is 53.3 Å². The number of nitrogens with zero attached hydrogens (tertiary/aromatic N) is 2. The summed E-state index contributed by atoms with van der Waals surface area (Å²) in [5, 5.41) is 35.9. The maximum atomic E-state index is 13.5. The number of hydrogen-bond donors (Lipinski definition) is 4. The maximum Gasteiger partial charge on any atom is 0.586 e. The Morgan fingerprint density at radius 3 is 2.47 bits per heavy atom. The molecular weight excluding hydrogens is 508 g/mol. The van der Waals surface area contributed by atoms with Gasteiger partial charge in [0.1, 0.15) is 35.7 Å². The summed E-state index contributed by atoms with van der Waals surface area (Å²) >= 11 is 0. The number of carbonyl (C=O) groups excluding carboxylic acids is 1. The topological polar surface area (TPSA) is 152 Å². The number of alkyl halides is 2. The number of aliphatic hydroxyl groups is 3. The van der Waals surface area contributed by atoms with E-state index in [2.05, 4.69) is 19.9 Å². The molecule has 3 atom stereocenters. The van der Waals surface area contributed by atoms with E-state index in [0.29, 0.717) is 5.56 Å². The van der Waals surface area contributed by atoms with Gasteiger partial charge in [0.2, 0.25) is 5.91 Å². The lowest BCUT2D eigenvalue weighted by molar-refractivity contribution is -0.286. The molecule has 38 heavy (non-hydrogen) atoms. The molecule has 0 radical (unpaired) electrons. The van der Waals surface area contributed by atoms with Crippen molar-refractivity contribution in [3.8, 4) is 28.5 Å². The van der Waals surface area contributed by atoms with Gasteiger partial charge < -0.3 is 34.8 Å². The van der Waals surface area contributed by atoms with Crippen LogP contribution in [-0.4, -0.2) is 62.7 Å². The number of halogens is 2. The van der Waals surface area contributed by atoms with Gasteiger partial charge in [-0.25, -0.2) is 4.68 Å². The normalized spacial score (nSPS) is 20.4. The van der Waals surface area contributed by atoms with Crippen LogP contribution >= 0.6 is 0 Å². The fourth-order valence-corrected chi connectivity index (χ4v) is 4.20. The number of ether oxygens (including phenoxy) is 3. The van der Waals surface area contributed by atoms with Gasteiger partial charge >= 0.3 is 6.29 Å². The molecule has 3 heterocycles. The third-order valence-electron chi connectivity index (χ3n) is 6.40. The first-order valence-electron chi connectivity index (χ1n) is 11.5. The third kappa shape index (κ3) is 4.55. The van der Waals surface area contributed by atoms with Gasteiger partial charge in [0.25, 0.3) is 5.56 Å². The van der Waals surface area contributed by atoms with Crippen LogP contribution in [-0.2, 0) is 16.8 Å². The fourth-order valence-electron chi connectivity index (χ4n) is 4.20. The highest BCUT2D eigenvalue weighted by molar-refractivity contribution is 6.00. The van der Waals surface area contributed by atoms with E-state index in [1.54, 1.807) is 30.3 Å². The van der Waals surface area contributed by atoms with Crippen molar-refractivity contribution in [2.24, 2.45) is 0 Å². The second kappa shape index (κ2) is 9.35. The second-order valence-corrected chi connectivity index (χ2v) is 9.15. The number of hydrogen-bond acceptors (Lipinski definition) is 9. The zero-order chi connectivity index (χ0) is 27.2. The number of benzene rings is 2. The average Bonchev–Trinajstić information content (AvgIpc) is 3.39. The van der Waals surface area contributed by atoms with Gasteiger partial charge in [-0.05, 0) is 19.1 Å². The minimum atomic E-state index is -3.85. The molecule has 0 unspecified atom stereocenters. The molecule has 0 fully saturated rings. The van der Waals surface area contributed by atoms with Crippen molar-refractivity contribution in [3.05, 3.63) is 64.4 Å². The van der Waals surface area contributed by atoms with Crippen LogP contribution in [0.5, 0.6) is 17.2 Å². The number of aliphatic hydroxyl groups excluding tert-OH is 3. The van der Waals surface area contributed by atoms with E-state index >= 15 is 0 Å². The molecule has 0 aliphatic carbocycles. The lowest BCUT2D eigenvalue weighted by Gasteiger charge is -2.22. The predicted molar refractivity (Wildman–Crippen MR) is 127 cm³/mol. The van der Waals surface area contributed by atoms with E-state index in [1.807, 2.05) is 0 Å². The summed E-state index contributed by atoms with van der Waals surface area (Å²) in [6, 6.07) is 12.5. The van der Waals surface area contributed by atoms with Crippen LogP contribution in [0.4, 0.5) is 14.5 Å². The van der Waals surface area contributed by atoms with E-state index < -0.39 is 48.5 Å². The van der Waals surface area contributed by atoms with Gasteiger partial charge in [0.05, 0.1) is 18.8 Å². The van der Waals surface area contributed by atoms with Crippen LogP contribution in [0.3, 0.4) is 0 Å². The summed E-state index contributed by atoms with van der Waals surface area (Å²) < 4.78 is 42.5. The zero-order valence-corrected chi connectivity index (χ0v) is 19.9. The minimum absolute atomic E-state index is 0.153. The zero-order valence-electron chi connectivity index (χ0n) is 19.9. The number of amides is 1. The molecule has 2 aromatic carbocycles. The highest BCUT2D eigenvalue weighted by atomic mass is 19.3. The monoisotopic (exact) mass is 531 g/mol. The molecule has 2 aliphatic heterocycles. The molecular formula is C25H23F2N3O8. The molecule has 5 rings (SSSR count). The molecule has 4 N–H and O–H groups in total. The molecule has 1 amide bonds. The summed E-state index contributed by atoms with van der Waals surface area (Å²) in [5.41, 5.74) is -1.22. The lowest BCUT2D eigenvalue weighted by Crippen LogP contribution is -2.42. The van der Waals surface area contributed by atoms with Gasteiger partial charge in [0.15, 0.2) is 11.5 Å². The van der Waals surface area contributed by atoms with Crippen molar-refractivity contribution in [1.82, 2.24) is 9.78 Å². The molecule has 3 aromatic rings. The molecule has 2 aliphatic rings. The van der Waals surface area contributed by atoms with Crippen LogP contribution < -0.4 is 25.1 Å². The Morgan fingerprint density at radius 2 is 1.79 bits per heavy atom. The van der Waals surface area contributed by atoms with E-state index in [0.717, 1.165) is 4.68 Å². The van der Waals surface area contributed by atoms with Gasteiger partial charge in [0, 0.05) is 17.2 Å². The number of rotatable bonds is 7. The van der Waals surface area contributed by atoms with Gasteiger partial charge in [-0.2, -0.15) is 5.10 Å². The van der Waals surface area contributed by atoms with Crippen molar-refractivity contribution in [2.75, 3.05) is 18.5 Å². The summed E-state index contributed by atoms with van der Waals surface area (Å²) in [6.45, 7) is 0.165. The Bertz CT molecular complexity index is 1450. The number of fused-ring (bicyclic) bond motifs is 2. The minimum Gasteiger partial charge on any atom is -0.492 e. The first-order chi connectivity index (χ1) is 18.0. The van der Waals surface area contributed by atoms with Crippen molar-refractivity contribution in [3.63, 3.8) is 0 Å². The van der Waals surface area contributed by atoms with Crippen molar-refractivity contribution >= 4 is 11.6 Å². The van der Waals surface area contributed by atoms with E-state index in [-0.39, 0.29) is 40.8 Å². The van der Waals surface area contributed by atoms with Gasteiger partial charge in [-0.1, -0.05) is 30.3 Å². The summed E-state index contributed by atoms with van der Waals surface area (Å²) in [7, 11) is 0. The highest BCUT2D eigenvalue weighted by Gasteiger charge is 2.49. The molecule has 200 valence electrons. The quantitative estimate of drug-likeness (QED) is 0.353. The third-order valence-corrected chi connectivity index (χ3v) is 6.40. The lowest BCUT2D eigenvalue weighted by atomic mass is 9.83. The van der Waals surface area contributed by atoms with Gasteiger partial charge in [-0.15, -0.1) is 8.78 Å². The largest absolute Gasteiger partial charge is 0.586 e. The Morgan fingerprint density at radius 1 is 1.11 bits per heavy atom. The standard InChI is InChI=1S/C25H23F2N3O8/c1-24(12-36-19-9-21-20(7-14(19)24)37-25(26,27)38-21)23(35)28-16-8-15(13-5-3-2-4-6-13)29-30(22(16)34)10-17(32)18(33)11-31/h2-9,17-18,31-33H,10-12H2,1H3,(H,28,35)/t17-,18+,24-/m0/s1. The van der Waals surface area contributed by atoms with Crippen LogP contribution in [0.25, 0.3) is 11.3 Å². The summed E-state index contributed by atoms with van der Waals surface area (Å²) in [4.78, 5) is 26.7. The summed E-state index contributed by atoms with van der Waals surface area (Å²) in [5.74, 6) is -1.01. The van der Waals surface area contributed by atoms with Crippen LogP contribution in [0.1, 0.15) is 12.5 Å². The number of carbonyl (C=O) groups is 1. The number of nitrogens with one attached hydrogen (secondary N) is 1. The Hall–Kier alpha value is -4.07. The Kier molecular flexibility index (Phi) is 6.29. The SMILES string of the molecule is C[C@]1(C(=O)Nc2cc(-c3ccccc3)nn(C[C@H](O)[C@H](O)CO)c2=O)COc2cc3c(cc21)OC(F)(F)O3. The highest BCUT2D eigenvalue weighted by Crippen LogP contribution is 2.50. The fraction of sp³-hybridized carbons (Fsp3) is 0.320. The van der Waals surface area contributed by atoms with Crippen LogP contribution in [0, 0.1) is 0 Å². The number of anilines is 1. The molecule has 0 saturated heterocycles. The van der Waals surface area contributed by atoms with Crippen molar-refractivity contribution in [1.29, 1.82) is 0 Å². The van der Waals surface area contributed by atoms with E-state index in [4.69, 9.17) is 9.84 Å². The summed E-state index contributed by atoms with van der Waals surface area (Å²) in [6.07, 6.45) is -6.89. The molecule has 0 bridgehead atoms. The number of aromatic nitrogens is 2. The molecule has 0 saturated carbocycles. The molecule has 0 spiro atoms. The first kappa shape index (κ1) is 25.6. The average molecular weight is 531 g/mol. The molecule has 1 aromatic heterocycles. The first-order valence-corrected chi connectivity index (χ1v) is 11.5. The maximum absolute atomic E-state index is 13.5. The Balaban J connectivity index is 1.50. The second-order valence-electron chi connectivity index (χ2n) is 9.15. The van der Waals surface area contributed by atoms with Crippen molar-refractivity contribution in [2.45, 2.75) is 37.4 Å². The Labute approximate surface area is 213 Å². The van der Waals surface area contributed by atoms with Crippen LogP contribution in [0.2, 0.25) is 0 Å². The molecule has 13 heteroatoms. The van der Waals surface area contributed by atoms with E-state index in [9.17, 15) is 28.6 Å².